The minimum Gasteiger partial charge on any atom is -0.497 e. The van der Waals surface area contributed by atoms with E-state index in [0.717, 1.165) is 22.2 Å². The Kier molecular flexibility index (Phi) is 4.34. The highest BCUT2D eigenvalue weighted by Gasteiger charge is 2.17. The van der Waals surface area contributed by atoms with E-state index in [2.05, 4.69) is 10.3 Å². The van der Waals surface area contributed by atoms with E-state index in [1.807, 2.05) is 24.4 Å². The van der Waals surface area contributed by atoms with Gasteiger partial charge in [-0.05, 0) is 35.9 Å². The van der Waals surface area contributed by atoms with Crippen LogP contribution in [-0.2, 0) is 11.2 Å². The highest BCUT2D eigenvalue weighted by molar-refractivity contribution is 5.89. The zero-order chi connectivity index (χ0) is 16.2. The van der Waals surface area contributed by atoms with E-state index in [0.29, 0.717) is 5.76 Å². The molecule has 0 bridgehead atoms. The number of hydrogen-bond donors (Lipinski definition) is 3. The molecule has 3 N–H and O–H groups in total. The number of ether oxygens (including phenoxy) is 1. The van der Waals surface area contributed by atoms with Crippen LogP contribution in [0.2, 0.25) is 0 Å². The molecule has 1 aromatic carbocycles. The summed E-state index contributed by atoms with van der Waals surface area (Å²) in [7, 11) is 1.61. The van der Waals surface area contributed by atoms with Gasteiger partial charge < -0.3 is 24.6 Å². The zero-order valence-corrected chi connectivity index (χ0v) is 12.7. The molecular weight excluding hydrogens is 296 g/mol. The second kappa shape index (κ2) is 6.58. The summed E-state index contributed by atoms with van der Waals surface area (Å²) < 4.78 is 10.4. The summed E-state index contributed by atoms with van der Waals surface area (Å²) in [4.78, 5) is 15.4. The minimum atomic E-state index is -0.544. The molecule has 0 radical (unpaired) electrons. The van der Waals surface area contributed by atoms with Gasteiger partial charge in [0.25, 0.3) is 0 Å². The molecule has 1 amide bonds. The van der Waals surface area contributed by atoms with Crippen molar-refractivity contribution >= 4 is 16.8 Å². The molecule has 2 aromatic heterocycles. The first-order valence-electron chi connectivity index (χ1n) is 7.29. The molecule has 2 heterocycles. The van der Waals surface area contributed by atoms with Gasteiger partial charge in [0.1, 0.15) is 17.6 Å². The molecule has 0 spiro atoms. The van der Waals surface area contributed by atoms with Crippen LogP contribution < -0.4 is 10.1 Å². The summed E-state index contributed by atoms with van der Waals surface area (Å²) in [6, 6.07) is 8.56. The number of carbonyl (C=O) groups is 1. The number of aliphatic hydroxyl groups excluding tert-OH is 1. The lowest BCUT2D eigenvalue weighted by molar-refractivity contribution is -0.121. The summed E-state index contributed by atoms with van der Waals surface area (Å²) in [5.41, 5.74) is 1.81. The van der Waals surface area contributed by atoms with Gasteiger partial charge in [-0.2, -0.15) is 0 Å². The molecule has 3 aromatic rings. The van der Waals surface area contributed by atoms with E-state index in [9.17, 15) is 9.90 Å². The number of amides is 1. The van der Waals surface area contributed by atoms with Crippen LogP contribution in [-0.4, -0.2) is 29.7 Å². The van der Waals surface area contributed by atoms with Crippen LogP contribution in [0.5, 0.6) is 5.75 Å². The lowest BCUT2D eigenvalue weighted by atomic mass is 10.1. The topological polar surface area (TPSA) is 87.5 Å². The fraction of sp³-hybridized carbons (Fsp3) is 0.235. The molecule has 3 rings (SSSR count). The van der Waals surface area contributed by atoms with Crippen molar-refractivity contribution in [3.63, 3.8) is 0 Å². The number of rotatable bonds is 6. The molecule has 0 saturated heterocycles. The van der Waals surface area contributed by atoms with Crippen LogP contribution in [0, 0.1) is 0 Å². The van der Waals surface area contributed by atoms with Crippen LogP contribution in [0.4, 0.5) is 0 Å². The maximum absolute atomic E-state index is 12.3. The number of H-pyrrole nitrogens is 1. The van der Waals surface area contributed by atoms with Gasteiger partial charge in [-0.25, -0.2) is 0 Å². The van der Waals surface area contributed by atoms with Crippen LogP contribution in [0.15, 0.2) is 47.2 Å². The molecule has 0 aliphatic heterocycles. The van der Waals surface area contributed by atoms with Crippen molar-refractivity contribution in [3.05, 3.63) is 54.1 Å². The fourth-order valence-corrected chi connectivity index (χ4v) is 2.55. The number of aromatic nitrogens is 1. The minimum absolute atomic E-state index is 0.191. The third-order valence-electron chi connectivity index (χ3n) is 3.73. The Morgan fingerprint density at radius 1 is 1.43 bits per heavy atom. The first-order valence-corrected chi connectivity index (χ1v) is 7.29. The van der Waals surface area contributed by atoms with Gasteiger partial charge in [-0.1, -0.05) is 0 Å². The smallest absolute Gasteiger partial charge is 0.225 e. The zero-order valence-electron chi connectivity index (χ0n) is 12.7. The van der Waals surface area contributed by atoms with Crippen molar-refractivity contribution in [3.8, 4) is 5.75 Å². The van der Waals surface area contributed by atoms with Gasteiger partial charge in [0, 0.05) is 17.1 Å². The number of methoxy groups -OCH3 is 1. The summed E-state index contributed by atoms with van der Waals surface area (Å²) >= 11 is 0. The maximum Gasteiger partial charge on any atom is 0.225 e. The molecule has 0 aliphatic rings. The third-order valence-corrected chi connectivity index (χ3v) is 3.73. The Morgan fingerprint density at radius 3 is 3.00 bits per heavy atom. The number of nitrogens with one attached hydrogen (secondary N) is 2. The van der Waals surface area contributed by atoms with E-state index in [4.69, 9.17) is 9.15 Å². The van der Waals surface area contributed by atoms with Crippen molar-refractivity contribution in [1.29, 1.82) is 0 Å². The second-order valence-electron chi connectivity index (χ2n) is 5.22. The van der Waals surface area contributed by atoms with Crippen molar-refractivity contribution in [1.82, 2.24) is 10.3 Å². The first-order chi connectivity index (χ1) is 11.2. The van der Waals surface area contributed by atoms with Crippen molar-refractivity contribution in [2.24, 2.45) is 0 Å². The second-order valence-corrected chi connectivity index (χ2v) is 5.22. The van der Waals surface area contributed by atoms with Crippen molar-refractivity contribution < 1.29 is 19.1 Å². The van der Waals surface area contributed by atoms with E-state index >= 15 is 0 Å². The van der Waals surface area contributed by atoms with E-state index in [1.165, 1.54) is 6.26 Å². The fourth-order valence-electron chi connectivity index (χ4n) is 2.55. The Morgan fingerprint density at radius 2 is 2.30 bits per heavy atom. The number of carbonyl (C=O) groups excluding carboxylic acids is 1. The average molecular weight is 314 g/mol. The highest BCUT2D eigenvalue weighted by Crippen LogP contribution is 2.24. The summed E-state index contributed by atoms with van der Waals surface area (Å²) in [5, 5.41) is 13.1. The largest absolute Gasteiger partial charge is 0.497 e. The summed E-state index contributed by atoms with van der Waals surface area (Å²) in [5.74, 6) is 1.08. The molecule has 1 atom stereocenters. The summed E-state index contributed by atoms with van der Waals surface area (Å²) in [6.45, 7) is -0.221. The Balaban J connectivity index is 1.75. The van der Waals surface area contributed by atoms with Gasteiger partial charge in [0.15, 0.2) is 0 Å². The predicted octanol–water partition coefficient (Wildman–Crippen LogP) is 2.16. The Bertz CT molecular complexity index is 792. The van der Waals surface area contributed by atoms with Crippen molar-refractivity contribution in [2.45, 2.75) is 12.5 Å². The molecule has 0 aliphatic carbocycles. The molecule has 6 nitrogen and oxygen atoms in total. The van der Waals surface area contributed by atoms with Gasteiger partial charge >= 0.3 is 0 Å². The molecule has 120 valence electrons. The van der Waals surface area contributed by atoms with Gasteiger partial charge in [-0.15, -0.1) is 0 Å². The first kappa shape index (κ1) is 15.2. The van der Waals surface area contributed by atoms with Crippen molar-refractivity contribution in [2.75, 3.05) is 13.7 Å². The quantitative estimate of drug-likeness (QED) is 0.650. The number of fused-ring (bicyclic) bond motifs is 1. The van der Waals surface area contributed by atoms with Crippen LogP contribution >= 0.6 is 0 Å². The monoisotopic (exact) mass is 314 g/mol. The van der Waals surface area contributed by atoms with Crippen LogP contribution in [0.25, 0.3) is 10.9 Å². The van der Waals surface area contributed by atoms with Gasteiger partial charge in [-0.3, -0.25) is 4.79 Å². The normalized spacial score (nSPS) is 12.3. The SMILES string of the molecule is COc1ccc2[nH]cc(CC(=O)NC(CO)c3ccco3)c2c1. The number of aliphatic hydroxyl groups is 1. The Hall–Kier alpha value is -2.73. The Labute approximate surface area is 133 Å². The third kappa shape index (κ3) is 3.22. The average Bonchev–Trinajstić information content (AvgIpc) is 3.22. The van der Waals surface area contributed by atoms with E-state index < -0.39 is 6.04 Å². The van der Waals surface area contributed by atoms with Gasteiger partial charge in [0.05, 0.1) is 26.4 Å². The molecular formula is C17H18N2O4. The maximum atomic E-state index is 12.3. The molecule has 1 unspecified atom stereocenters. The predicted molar refractivity (Wildman–Crippen MR) is 85.2 cm³/mol. The van der Waals surface area contributed by atoms with E-state index in [-0.39, 0.29) is 18.9 Å². The molecule has 6 heteroatoms. The lowest BCUT2D eigenvalue weighted by Gasteiger charge is -2.13. The number of furan rings is 1. The molecule has 0 fully saturated rings. The number of hydrogen-bond acceptors (Lipinski definition) is 4. The van der Waals surface area contributed by atoms with Crippen LogP contribution in [0.3, 0.4) is 0 Å². The number of aromatic amines is 1. The van der Waals surface area contributed by atoms with Crippen LogP contribution in [0.1, 0.15) is 17.4 Å². The highest BCUT2D eigenvalue weighted by atomic mass is 16.5. The van der Waals surface area contributed by atoms with Gasteiger partial charge in [0.2, 0.25) is 5.91 Å². The van der Waals surface area contributed by atoms with E-state index in [1.54, 1.807) is 19.2 Å². The molecule has 0 saturated carbocycles. The standard InChI is InChI=1S/C17H18N2O4/c1-22-12-4-5-14-13(8-12)11(9-18-14)7-17(21)19-15(10-20)16-3-2-6-23-16/h2-6,8-9,15,18,20H,7,10H2,1H3,(H,19,21). The molecule has 23 heavy (non-hydrogen) atoms. The lowest BCUT2D eigenvalue weighted by Crippen LogP contribution is -2.31. The number of benzene rings is 1. The summed E-state index contributed by atoms with van der Waals surface area (Å²) in [6.07, 6.45) is 3.52.